The Bertz CT molecular complexity index is 614. The van der Waals surface area contributed by atoms with E-state index in [4.69, 9.17) is 10.5 Å². The van der Waals surface area contributed by atoms with Crippen LogP contribution in [0.5, 0.6) is 0 Å². The molecule has 2 N–H and O–H groups in total. The van der Waals surface area contributed by atoms with Gasteiger partial charge in [0, 0.05) is 20.2 Å². The van der Waals surface area contributed by atoms with E-state index in [0.717, 1.165) is 14.5 Å². The van der Waals surface area contributed by atoms with Crippen molar-refractivity contribution in [3.63, 3.8) is 0 Å². The first-order valence-corrected chi connectivity index (χ1v) is 7.12. The van der Waals surface area contributed by atoms with Crippen LogP contribution < -0.4 is 5.73 Å². The van der Waals surface area contributed by atoms with Crippen molar-refractivity contribution in [1.82, 2.24) is 0 Å². The fourth-order valence-corrected chi connectivity index (χ4v) is 2.33. The molecule has 5 heteroatoms. The summed E-state index contributed by atoms with van der Waals surface area (Å²) in [6.45, 7) is 0.204. The van der Waals surface area contributed by atoms with Crippen molar-refractivity contribution in [3.8, 4) is 0 Å². The van der Waals surface area contributed by atoms with Gasteiger partial charge >= 0.3 is 5.97 Å². The van der Waals surface area contributed by atoms with E-state index in [2.05, 4.69) is 31.9 Å². The van der Waals surface area contributed by atoms with E-state index >= 15 is 0 Å². The summed E-state index contributed by atoms with van der Waals surface area (Å²) in [7, 11) is 0. The first-order chi connectivity index (χ1) is 9.08. The number of nitrogens with two attached hydrogens (primary N) is 1. The maximum atomic E-state index is 11.9. The zero-order chi connectivity index (χ0) is 13.8. The molecule has 0 atom stereocenters. The van der Waals surface area contributed by atoms with Crippen LogP contribution in [0.15, 0.2) is 51.4 Å². The second-order valence-electron chi connectivity index (χ2n) is 3.90. The summed E-state index contributed by atoms with van der Waals surface area (Å²) in [5.74, 6) is -0.430. The van der Waals surface area contributed by atoms with Gasteiger partial charge in [-0.05, 0) is 24.3 Å². The largest absolute Gasteiger partial charge is 0.457 e. The Kier molecular flexibility index (Phi) is 4.61. The van der Waals surface area contributed by atoms with E-state index in [1.807, 2.05) is 24.3 Å². The highest BCUT2D eigenvalue weighted by atomic mass is 79.9. The van der Waals surface area contributed by atoms with Crippen LogP contribution in [-0.2, 0) is 11.3 Å². The molecule has 0 bridgehead atoms. The van der Waals surface area contributed by atoms with Crippen LogP contribution in [0.2, 0.25) is 0 Å². The van der Waals surface area contributed by atoms with E-state index in [-0.39, 0.29) is 6.61 Å². The average molecular weight is 385 g/mol. The van der Waals surface area contributed by atoms with Crippen LogP contribution in [0.25, 0.3) is 0 Å². The lowest BCUT2D eigenvalue weighted by Gasteiger charge is -2.08. The first-order valence-electron chi connectivity index (χ1n) is 5.53. The quantitative estimate of drug-likeness (QED) is 0.638. The summed E-state index contributed by atoms with van der Waals surface area (Å²) in [6.07, 6.45) is 0. The Balaban J connectivity index is 2.08. The minimum Gasteiger partial charge on any atom is -0.457 e. The molecule has 0 aliphatic carbocycles. The molecule has 0 aliphatic rings. The number of anilines is 1. The summed E-state index contributed by atoms with van der Waals surface area (Å²) in [5, 5.41) is 0. The van der Waals surface area contributed by atoms with Crippen molar-refractivity contribution >= 4 is 43.5 Å². The number of ether oxygens (including phenoxy) is 1. The molecule has 0 spiro atoms. The maximum absolute atomic E-state index is 11.9. The van der Waals surface area contributed by atoms with Gasteiger partial charge in [-0.2, -0.15) is 0 Å². The smallest absolute Gasteiger partial charge is 0.340 e. The van der Waals surface area contributed by atoms with Crippen molar-refractivity contribution in [2.24, 2.45) is 0 Å². The van der Waals surface area contributed by atoms with E-state index in [9.17, 15) is 4.79 Å². The fraction of sp³-hybridized carbons (Fsp3) is 0.0714. The summed E-state index contributed by atoms with van der Waals surface area (Å²) >= 11 is 6.70. The minimum atomic E-state index is -0.430. The molecule has 2 aromatic rings. The number of benzene rings is 2. The van der Waals surface area contributed by atoms with Crippen molar-refractivity contribution in [2.45, 2.75) is 6.61 Å². The van der Waals surface area contributed by atoms with Crippen molar-refractivity contribution in [2.75, 3.05) is 5.73 Å². The van der Waals surface area contributed by atoms with Crippen LogP contribution in [-0.4, -0.2) is 5.97 Å². The fourth-order valence-electron chi connectivity index (χ4n) is 1.56. The van der Waals surface area contributed by atoms with E-state index in [0.29, 0.717) is 11.3 Å². The first kappa shape index (κ1) is 14.1. The van der Waals surface area contributed by atoms with E-state index in [1.165, 1.54) is 0 Å². The maximum Gasteiger partial charge on any atom is 0.340 e. The van der Waals surface area contributed by atoms with Gasteiger partial charge in [0.15, 0.2) is 0 Å². The van der Waals surface area contributed by atoms with Gasteiger partial charge in [-0.15, -0.1) is 0 Å². The molecule has 0 aliphatic heterocycles. The molecule has 0 amide bonds. The zero-order valence-corrected chi connectivity index (χ0v) is 13.1. The third-order valence-corrected chi connectivity index (χ3v) is 3.82. The molecule has 3 nitrogen and oxygen atoms in total. The predicted molar refractivity (Wildman–Crippen MR) is 81.8 cm³/mol. The number of hydrogen-bond donors (Lipinski definition) is 1. The number of carbonyl (C=O) groups excluding carboxylic acids is 1. The van der Waals surface area contributed by atoms with Crippen molar-refractivity contribution in [1.29, 1.82) is 0 Å². The standard InChI is InChI=1S/C14H11Br2NO2/c15-10-5-6-11(13(17)7-10)14(18)19-8-9-3-1-2-4-12(9)16/h1-7H,8,17H2. The summed E-state index contributed by atoms with van der Waals surface area (Å²) < 4.78 is 6.99. The Morgan fingerprint density at radius 1 is 1.16 bits per heavy atom. The van der Waals surface area contributed by atoms with Crippen LogP contribution in [0.4, 0.5) is 5.69 Å². The highest BCUT2D eigenvalue weighted by molar-refractivity contribution is 9.10. The summed E-state index contributed by atoms with van der Waals surface area (Å²) in [5.41, 5.74) is 7.46. The van der Waals surface area contributed by atoms with Crippen molar-refractivity contribution < 1.29 is 9.53 Å². The predicted octanol–water partition coefficient (Wildman–Crippen LogP) is 4.15. The number of nitrogen functional groups attached to an aromatic ring is 1. The highest BCUT2D eigenvalue weighted by Gasteiger charge is 2.12. The Labute approximate surface area is 128 Å². The summed E-state index contributed by atoms with van der Waals surface area (Å²) in [4.78, 5) is 11.9. The molecule has 0 fully saturated rings. The average Bonchev–Trinajstić information content (AvgIpc) is 2.37. The SMILES string of the molecule is Nc1cc(Br)ccc1C(=O)OCc1ccccc1Br. The third kappa shape index (κ3) is 3.58. The van der Waals surface area contributed by atoms with Gasteiger partial charge in [-0.3, -0.25) is 0 Å². The molecule has 2 rings (SSSR count). The molecule has 0 heterocycles. The van der Waals surface area contributed by atoms with Gasteiger partial charge in [0.05, 0.1) is 5.56 Å². The molecule has 0 saturated carbocycles. The Morgan fingerprint density at radius 2 is 1.89 bits per heavy atom. The van der Waals surface area contributed by atoms with Gasteiger partial charge in [-0.25, -0.2) is 4.79 Å². The van der Waals surface area contributed by atoms with Gasteiger partial charge in [0.25, 0.3) is 0 Å². The monoisotopic (exact) mass is 383 g/mol. The molecular formula is C14H11Br2NO2. The van der Waals surface area contributed by atoms with Gasteiger partial charge in [0.2, 0.25) is 0 Å². The second-order valence-corrected chi connectivity index (χ2v) is 5.67. The van der Waals surface area contributed by atoms with E-state index in [1.54, 1.807) is 18.2 Å². The number of carbonyl (C=O) groups is 1. The van der Waals surface area contributed by atoms with Crippen molar-refractivity contribution in [3.05, 3.63) is 62.5 Å². The lowest BCUT2D eigenvalue weighted by atomic mass is 10.2. The lowest BCUT2D eigenvalue weighted by molar-refractivity contribution is 0.0473. The van der Waals surface area contributed by atoms with Gasteiger partial charge < -0.3 is 10.5 Å². The molecule has 0 aromatic heterocycles. The molecule has 0 radical (unpaired) electrons. The second kappa shape index (κ2) is 6.21. The summed E-state index contributed by atoms with van der Waals surface area (Å²) in [6, 6.07) is 12.7. The third-order valence-electron chi connectivity index (χ3n) is 2.55. The van der Waals surface area contributed by atoms with Crippen LogP contribution in [0.1, 0.15) is 15.9 Å². The van der Waals surface area contributed by atoms with E-state index < -0.39 is 5.97 Å². The Morgan fingerprint density at radius 3 is 2.58 bits per heavy atom. The minimum absolute atomic E-state index is 0.204. The molecule has 2 aromatic carbocycles. The molecular weight excluding hydrogens is 374 g/mol. The topological polar surface area (TPSA) is 52.3 Å². The molecule has 98 valence electrons. The van der Waals surface area contributed by atoms with Crippen LogP contribution >= 0.6 is 31.9 Å². The van der Waals surface area contributed by atoms with Crippen LogP contribution in [0, 0.1) is 0 Å². The Hall–Kier alpha value is -1.33. The molecule has 0 unspecified atom stereocenters. The number of esters is 1. The highest BCUT2D eigenvalue weighted by Crippen LogP contribution is 2.21. The zero-order valence-electron chi connectivity index (χ0n) is 9.90. The lowest BCUT2D eigenvalue weighted by Crippen LogP contribution is -2.08. The van der Waals surface area contributed by atoms with Gasteiger partial charge in [0.1, 0.15) is 6.61 Å². The van der Waals surface area contributed by atoms with Crippen LogP contribution in [0.3, 0.4) is 0 Å². The number of halogens is 2. The molecule has 0 saturated heterocycles. The number of rotatable bonds is 3. The molecule has 19 heavy (non-hydrogen) atoms. The van der Waals surface area contributed by atoms with Gasteiger partial charge in [-0.1, -0.05) is 50.1 Å². The normalized spacial score (nSPS) is 10.2. The number of hydrogen-bond acceptors (Lipinski definition) is 3.